The van der Waals surface area contributed by atoms with Gasteiger partial charge in [-0.05, 0) is 41.5 Å². The number of nitrogen functional groups attached to an aromatic ring is 1. The average Bonchev–Trinajstić information content (AvgIpc) is 3.04. The largest absolute Gasteiger partial charge is 0.397 e. The summed E-state index contributed by atoms with van der Waals surface area (Å²) in [6, 6.07) is 33.6. The molecule has 0 aliphatic carbocycles. The van der Waals surface area contributed by atoms with Crippen LogP contribution in [0.25, 0.3) is 38.6 Å². The number of hydrogen-bond donors (Lipinski definition) is 1. The Bertz CT molecular complexity index is 1220. The van der Waals surface area contributed by atoms with Gasteiger partial charge in [-0.25, -0.2) is 0 Å². The Morgan fingerprint density at radius 3 is 2.00 bits per heavy atom. The van der Waals surface area contributed by atoms with Crippen LogP contribution in [-0.2, 0) is 0 Å². The van der Waals surface area contributed by atoms with Crippen molar-refractivity contribution in [2.75, 3.05) is 5.73 Å². The fraction of sp³-hybridized carbons (Fsp3) is 0. The lowest BCUT2D eigenvalue weighted by molar-refractivity contribution is 1.18. The van der Waals surface area contributed by atoms with Crippen LogP contribution in [0.4, 0.5) is 5.69 Å². The van der Waals surface area contributed by atoms with Crippen molar-refractivity contribution in [2.24, 2.45) is 0 Å². The van der Waals surface area contributed by atoms with E-state index in [1.54, 1.807) is 0 Å². The highest BCUT2D eigenvalue weighted by atomic mass is 15.0. The van der Waals surface area contributed by atoms with Gasteiger partial charge in [0.05, 0.1) is 16.7 Å². The number of aromatic nitrogens is 1. The maximum Gasteiger partial charge on any atom is 0.0771 e. The van der Waals surface area contributed by atoms with Crippen molar-refractivity contribution in [1.29, 1.82) is 0 Å². The Balaban J connectivity index is 1.91. The molecule has 0 fully saturated rings. The zero-order chi connectivity index (χ0) is 17.5. The van der Waals surface area contributed by atoms with Gasteiger partial charge in [0.2, 0.25) is 0 Å². The molecule has 0 saturated heterocycles. The van der Waals surface area contributed by atoms with Crippen LogP contribution >= 0.6 is 0 Å². The molecule has 1 heterocycles. The van der Waals surface area contributed by atoms with E-state index >= 15 is 0 Å². The third-order valence-corrected chi connectivity index (χ3v) is 4.92. The molecule has 2 nitrogen and oxygen atoms in total. The second kappa shape index (κ2) is 5.78. The second-order valence-electron chi connectivity index (χ2n) is 6.52. The zero-order valence-corrected chi connectivity index (χ0v) is 14.3. The van der Waals surface area contributed by atoms with Crippen LogP contribution in [0, 0.1) is 0 Å². The monoisotopic (exact) mass is 334 g/mol. The van der Waals surface area contributed by atoms with Crippen molar-refractivity contribution in [2.45, 2.75) is 0 Å². The van der Waals surface area contributed by atoms with Crippen LogP contribution in [0.2, 0.25) is 0 Å². The molecule has 0 aliphatic rings. The van der Waals surface area contributed by atoms with Crippen molar-refractivity contribution in [3.8, 4) is 16.8 Å². The molecule has 26 heavy (non-hydrogen) atoms. The van der Waals surface area contributed by atoms with E-state index in [9.17, 15) is 0 Å². The predicted octanol–water partition coefficient (Wildman–Crippen LogP) is 6.03. The topological polar surface area (TPSA) is 30.9 Å². The molecule has 0 atom stereocenters. The molecule has 0 spiro atoms. The SMILES string of the molecule is Nc1cc(-c2ccccc2)cc2c3ccccc3n(-c3ccccc3)c12. The summed E-state index contributed by atoms with van der Waals surface area (Å²) in [6.45, 7) is 0. The van der Waals surface area contributed by atoms with Gasteiger partial charge >= 0.3 is 0 Å². The number of fused-ring (bicyclic) bond motifs is 3. The Morgan fingerprint density at radius 1 is 0.577 bits per heavy atom. The van der Waals surface area contributed by atoms with E-state index in [0.717, 1.165) is 22.5 Å². The van der Waals surface area contributed by atoms with Crippen molar-refractivity contribution in [3.63, 3.8) is 0 Å². The van der Waals surface area contributed by atoms with E-state index in [4.69, 9.17) is 5.73 Å². The highest BCUT2D eigenvalue weighted by Crippen LogP contribution is 2.38. The summed E-state index contributed by atoms with van der Waals surface area (Å²) in [5.74, 6) is 0. The van der Waals surface area contributed by atoms with Crippen molar-refractivity contribution >= 4 is 27.5 Å². The van der Waals surface area contributed by atoms with E-state index in [1.807, 2.05) is 12.1 Å². The maximum absolute atomic E-state index is 6.58. The van der Waals surface area contributed by atoms with Crippen molar-refractivity contribution < 1.29 is 0 Å². The average molecular weight is 334 g/mol. The summed E-state index contributed by atoms with van der Waals surface area (Å²) in [7, 11) is 0. The highest BCUT2D eigenvalue weighted by molar-refractivity contribution is 6.14. The number of anilines is 1. The van der Waals surface area contributed by atoms with E-state index < -0.39 is 0 Å². The Labute approximate surface area is 152 Å². The van der Waals surface area contributed by atoms with Gasteiger partial charge in [0, 0.05) is 16.5 Å². The van der Waals surface area contributed by atoms with Crippen LogP contribution < -0.4 is 5.73 Å². The van der Waals surface area contributed by atoms with Crippen LogP contribution in [0.5, 0.6) is 0 Å². The Hall–Kier alpha value is -3.52. The molecule has 5 rings (SSSR count). The van der Waals surface area contributed by atoms with E-state index in [2.05, 4.69) is 89.5 Å². The van der Waals surface area contributed by atoms with Gasteiger partial charge in [-0.3, -0.25) is 0 Å². The van der Waals surface area contributed by atoms with Gasteiger partial charge in [-0.1, -0.05) is 66.7 Å². The molecule has 5 aromatic rings. The molecule has 0 unspecified atom stereocenters. The molecule has 0 aliphatic heterocycles. The fourth-order valence-corrected chi connectivity index (χ4v) is 3.77. The fourth-order valence-electron chi connectivity index (χ4n) is 3.77. The molecular weight excluding hydrogens is 316 g/mol. The summed E-state index contributed by atoms with van der Waals surface area (Å²) in [5, 5.41) is 2.40. The van der Waals surface area contributed by atoms with Crippen LogP contribution in [0.3, 0.4) is 0 Å². The number of hydrogen-bond acceptors (Lipinski definition) is 1. The molecule has 124 valence electrons. The molecule has 0 radical (unpaired) electrons. The normalized spacial score (nSPS) is 11.2. The van der Waals surface area contributed by atoms with Gasteiger partial charge in [-0.15, -0.1) is 0 Å². The minimum Gasteiger partial charge on any atom is -0.397 e. The lowest BCUT2D eigenvalue weighted by atomic mass is 10.0. The quantitative estimate of drug-likeness (QED) is 0.392. The maximum atomic E-state index is 6.58. The predicted molar refractivity (Wildman–Crippen MR) is 111 cm³/mol. The number of nitrogens with zero attached hydrogens (tertiary/aromatic N) is 1. The summed E-state index contributed by atoms with van der Waals surface area (Å²) < 4.78 is 2.26. The minimum atomic E-state index is 0.793. The van der Waals surface area contributed by atoms with Gasteiger partial charge in [0.25, 0.3) is 0 Å². The molecule has 0 saturated carbocycles. The molecule has 0 bridgehead atoms. The van der Waals surface area contributed by atoms with E-state index in [-0.39, 0.29) is 0 Å². The van der Waals surface area contributed by atoms with E-state index in [1.165, 1.54) is 21.9 Å². The Kier molecular flexibility index (Phi) is 3.29. The van der Waals surface area contributed by atoms with Crippen molar-refractivity contribution in [3.05, 3.63) is 97.1 Å². The number of para-hydroxylation sites is 2. The highest BCUT2D eigenvalue weighted by Gasteiger charge is 2.15. The number of rotatable bonds is 2. The van der Waals surface area contributed by atoms with Crippen LogP contribution in [0.1, 0.15) is 0 Å². The van der Waals surface area contributed by atoms with Crippen LogP contribution in [0.15, 0.2) is 97.1 Å². The summed E-state index contributed by atoms with van der Waals surface area (Å²) in [4.78, 5) is 0. The van der Waals surface area contributed by atoms with E-state index in [0.29, 0.717) is 0 Å². The molecule has 1 aromatic heterocycles. The van der Waals surface area contributed by atoms with Crippen LogP contribution in [-0.4, -0.2) is 4.57 Å². The molecule has 4 aromatic carbocycles. The first kappa shape index (κ1) is 14.8. The Morgan fingerprint density at radius 2 is 1.23 bits per heavy atom. The molecule has 2 N–H and O–H groups in total. The van der Waals surface area contributed by atoms with Gasteiger partial charge < -0.3 is 10.3 Å². The second-order valence-corrected chi connectivity index (χ2v) is 6.52. The first-order chi connectivity index (χ1) is 12.8. The summed E-state index contributed by atoms with van der Waals surface area (Å²) in [5.41, 5.74) is 13.1. The standard InChI is InChI=1S/C24H18N2/c25-22-16-18(17-9-3-1-4-10-17)15-21-20-13-7-8-14-23(20)26(24(21)22)19-11-5-2-6-12-19/h1-16H,25H2. The molecular formula is C24H18N2. The summed E-state index contributed by atoms with van der Waals surface area (Å²) >= 11 is 0. The first-order valence-corrected chi connectivity index (χ1v) is 8.76. The minimum absolute atomic E-state index is 0.793. The van der Waals surface area contributed by atoms with Crippen molar-refractivity contribution in [1.82, 2.24) is 4.57 Å². The zero-order valence-electron chi connectivity index (χ0n) is 14.3. The lowest BCUT2D eigenvalue weighted by Crippen LogP contribution is -1.97. The van der Waals surface area contributed by atoms with Gasteiger partial charge in [0.15, 0.2) is 0 Å². The smallest absolute Gasteiger partial charge is 0.0771 e. The number of benzene rings is 4. The lowest BCUT2D eigenvalue weighted by Gasteiger charge is -2.10. The van der Waals surface area contributed by atoms with Gasteiger partial charge in [0.1, 0.15) is 0 Å². The third-order valence-electron chi connectivity index (χ3n) is 4.92. The molecule has 0 amide bonds. The first-order valence-electron chi connectivity index (χ1n) is 8.76. The summed E-state index contributed by atoms with van der Waals surface area (Å²) in [6.07, 6.45) is 0. The third kappa shape index (κ3) is 2.20. The molecule has 2 heteroatoms. The number of nitrogens with two attached hydrogens (primary N) is 1. The van der Waals surface area contributed by atoms with Gasteiger partial charge in [-0.2, -0.15) is 0 Å².